The van der Waals surface area contributed by atoms with Crippen LogP contribution in [0, 0.1) is 0 Å². The molecule has 0 amide bonds. The number of sulfonamides is 1. The number of ketones is 1. The maximum Gasteiger partial charge on any atom is 0.238 e. The number of carbonyl (C=O) groups is 1. The molecule has 0 bridgehead atoms. The average molecular weight is 262 g/mol. The van der Waals surface area contributed by atoms with Crippen molar-refractivity contribution in [3.63, 3.8) is 0 Å². The monoisotopic (exact) mass is 261 g/mol. The molecule has 0 heterocycles. The van der Waals surface area contributed by atoms with E-state index in [1.165, 1.54) is 25.1 Å². The van der Waals surface area contributed by atoms with Gasteiger partial charge in [0, 0.05) is 11.4 Å². The van der Waals surface area contributed by atoms with E-state index in [9.17, 15) is 13.2 Å². The Hall–Kier alpha value is -0.910. The van der Waals surface area contributed by atoms with E-state index in [4.69, 9.17) is 16.7 Å². The molecule has 0 spiro atoms. The van der Waals surface area contributed by atoms with Crippen molar-refractivity contribution in [2.24, 2.45) is 5.14 Å². The van der Waals surface area contributed by atoms with Gasteiger partial charge in [-0.05, 0) is 37.1 Å². The molecule has 0 atom stereocenters. The topological polar surface area (TPSA) is 77.2 Å². The van der Waals surface area contributed by atoms with Gasteiger partial charge in [0.2, 0.25) is 10.0 Å². The number of carbonyl (C=O) groups excluding carboxylic acids is 1. The van der Waals surface area contributed by atoms with Gasteiger partial charge in [-0.1, -0.05) is 11.6 Å². The molecule has 88 valence electrons. The summed E-state index contributed by atoms with van der Waals surface area (Å²) in [6, 6.07) is 4.21. The number of nitrogens with two attached hydrogens (primary N) is 1. The van der Waals surface area contributed by atoms with Crippen LogP contribution in [0.5, 0.6) is 0 Å². The minimum absolute atomic E-state index is 0.00968. The van der Waals surface area contributed by atoms with E-state index in [1.54, 1.807) is 0 Å². The van der Waals surface area contributed by atoms with Crippen molar-refractivity contribution in [1.29, 1.82) is 0 Å². The predicted octanol–water partition coefficient (Wildman–Crippen LogP) is 1.51. The summed E-state index contributed by atoms with van der Waals surface area (Å²) in [6.45, 7) is 1.47. The molecule has 0 saturated heterocycles. The van der Waals surface area contributed by atoms with Gasteiger partial charge in [-0.15, -0.1) is 0 Å². The fourth-order valence-corrected chi connectivity index (χ4v) is 2.01. The lowest BCUT2D eigenvalue weighted by Crippen LogP contribution is -2.12. The van der Waals surface area contributed by atoms with Gasteiger partial charge in [0.05, 0.1) is 4.90 Å². The van der Waals surface area contributed by atoms with Crippen LogP contribution in [0.1, 0.15) is 18.9 Å². The summed E-state index contributed by atoms with van der Waals surface area (Å²) in [6.07, 6.45) is 0.741. The van der Waals surface area contributed by atoms with Crippen LogP contribution < -0.4 is 5.14 Å². The van der Waals surface area contributed by atoms with Gasteiger partial charge in [0.1, 0.15) is 5.78 Å². The van der Waals surface area contributed by atoms with Crippen molar-refractivity contribution in [3.8, 4) is 0 Å². The minimum Gasteiger partial charge on any atom is -0.300 e. The molecular formula is C10H12ClNO3S. The van der Waals surface area contributed by atoms with Gasteiger partial charge in [0.25, 0.3) is 0 Å². The molecule has 0 radical (unpaired) electrons. The summed E-state index contributed by atoms with van der Waals surface area (Å²) >= 11 is 5.88. The Labute approximate surface area is 99.5 Å². The highest BCUT2D eigenvalue weighted by atomic mass is 35.5. The molecule has 0 fully saturated rings. The number of halogens is 1. The second-order valence-corrected chi connectivity index (χ2v) is 5.47. The van der Waals surface area contributed by atoms with Crippen LogP contribution >= 0.6 is 11.6 Å². The standard InChI is InChI=1S/C10H12ClNO3S/c1-7(13)2-3-8-6-9(16(12,14)15)4-5-10(8)11/h4-6H,2-3H2,1H3,(H2,12,14,15). The molecule has 0 aromatic heterocycles. The van der Waals surface area contributed by atoms with Crippen LogP contribution in [-0.4, -0.2) is 14.2 Å². The summed E-state index contributed by atoms with van der Waals surface area (Å²) in [5.74, 6) is 0.0251. The van der Waals surface area contributed by atoms with Crippen LogP contribution in [0.3, 0.4) is 0 Å². The third-order valence-electron chi connectivity index (χ3n) is 2.09. The molecule has 0 saturated carbocycles. The van der Waals surface area contributed by atoms with Crippen molar-refractivity contribution in [1.82, 2.24) is 0 Å². The first-order valence-corrected chi connectivity index (χ1v) is 6.54. The van der Waals surface area contributed by atoms with Gasteiger partial charge in [0.15, 0.2) is 0 Å². The number of primary sulfonamides is 1. The third kappa shape index (κ3) is 3.59. The van der Waals surface area contributed by atoms with E-state index in [-0.39, 0.29) is 10.7 Å². The Morgan fingerprint density at radius 3 is 2.56 bits per heavy atom. The van der Waals surface area contributed by atoms with E-state index < -0.39 is 10.0 Å². The highest BCUT2D eigenvalue weighted by Crippen LogP contribution is 2.21. The van der Waals surface area contributed by atoms with E-state index in [0.717, 1.165) is 0 Å². The highest BCUT2D eigenvalue weighted by molar-refractivity contribution is 7.89. The number of Topliss-reactive ketones (excluding diaryl/α,β-unsaturated/α-hetero) is 1. The second-order valence-electron chi connectivity index (χ2n) is 3.50. The Morgan fingerprint density at radius 2 is 2.06 bits per heavy atom. The number of rotatable bonds is 4. The minimum atomic E-state index is -3.72. The van der Waals surface area contributed by atoms with Crippen molar-refractivity contribution in [2.45, 2.75) is 24.7 Å². The number of benzene rings is 1. The number of aryl methyl sites for hydroxylation is 1. The molecular weight excluding hydrogens is 250 g/mol. The first-order chi connectivity index (χ1) is 7.30. The summed E-state index contributed by atoms with van der Waals surface area (Å²) in [5, 5.41) is 5.43. The maximum atomic E-state index is 11.1. The summed E-state index contributed by atoms with van der Waals surface area (Å²) < 4.78 is 22.2. The largest absolute Gasteiger partial charge is 0.300 e. The van der Waals surface area contributed by atoms with Gasteiger partial charge < -0.3 is 4.79 Å². The molecule has 1 rings (SSSR count). The zero-order chi connectivity index (χ0) is 12.3. The normalized spacial score (nSPS) is 11.4. The smallest absolute Gasteiger partial charge is 0.238 e. The molecule has 1 aromatic rings. The number of hydrogen-bond acceptors (Lipinski definition) is 3. The molecule has 1 aromatic carbocycles. The van der Waals surface area contributed by atoms with Crippen LogP contribution in [-0.2, 0) is 21.2 Å². The lowest BCUT2D eigenvalue weighted by Gasteiger charge is -2.05. The first kappa shape index (κ1) is 13.2. The van der Waals surface area contributed by atoms with Crippen molar-refractivity contribution >= 4 is 27.4 Å². The molecule has 4 nitrogen and oxygen atoms in total. The summed E-state index contributed by atoms with van der Waals surface area (Å²) in [7, 11) is -3.72. The molecule has 0 unspecified atom stereocenters. The Morgan fingerprint density at radius 1 is 1.44 bits per heavy atom. The van der Waals surface area contributed by atoms with Crippen LogP contribution in [0.4, 0.5) is 0 Å². The predicted molar refractivity (Wildman–Crippen MR) is 61.8 cm³/mol. The maximum absolute atomic E-state index is 11.1. The number of hydrogen-bond donors (Lipinski definition) is 1. The van der Waals surface area contributed by atoms with Gasteiger partial charge in [-0.2, -0.15) is 0 Å². The van der Waals surface area contributed by atoms with Gasteiger partial charge in [-0.3, -0.25) is 0 Å². The van der Waals surface area contributed by atoms with E-state index in [1.807, 2.05) is 0 Å². The molecule has 2 N–H and O–H groups in total. The molecule has 0 aliphatic heterocycles. The van der Waals surface area contributed by atoms with Crippen molar-refractivity contribution in [3.05, 3.63) is 28.8 Å². The Kier molecular flexibility index (Phi) is 4.07. The van der Waals surface area contributed by atoms with Crippen LogP contribution in [0.15, 0.2) is 23.1 Å². The second kappa shape index (κ2) is 4.95. The SMILES string of the molecule is CC(=O)CCc1cc(S(N)(=O)=O)ccc1Cl. The average Bonchev–Trinajstić information content (AvgIpc) is 2.14. The molecule has 6 heteroatoms. The summed E-state index contributed by atoms with van der Waals surface area (Å²) in [4.78, 5) is 10.8. The van der Waals surface area contributed by atoms with E-state index in [0.29, 0.717) is 23.4 Å². The highest BCUT2D eigenvalue weighted by Gasteiger charge is 2.10. The van der Waals surface area contributed by atoms with Crippen LogP contribution in [0.2, 0.25) is 5.02 Å². The Balaban J connectivity index is 3.04. The lowest BCUT2D eigenvalue weighted by atomic mass is 10.1. The van der Waals surface area contributed by atoms with Crippen LogP contribution in [0.25, 0.3) is 0 Å². The van der Waals surface area contributed by atoms with E-state index >= 15 is 0 Å². The fraction of sp³-hybridized carbons (Fsp3) is 0.300. The van der Waals surface area contributed by atoms with E-state index in [2.05, 4.69) is 0 Å². The van der Waals surface area contributed by atoms with Gasteiger partial charge in [-0.25, -0.2) is 13.6 Å². The van der Waals surface area contributed by atoms with Crippen molar-refractivity contribution < 1.29 is 13.2 Å². The summed E-state index contributed by atoms with van der Waals surface area (Å²) in [5.41, 5.74) is 0.614. The quantitative estimate of drug-likeness (QED) is 0.892. The molecule has 0 aliphatic carbocycles. The van der Waals surface area contributed by atoms with Crippen molar-refractivity contribution in [2.75, 3.05) is 0 Å². The molecule has 0 aliphatic rings. The molecule has 16 heavy (non-hydrogen) atoms. The zero-order valence-electron chi connectivity index (χ0n) is 8.73. The Bertz CT molecular complexity index is 511. The first-order valence-electron chi connectivity index (χ1n) is 4.61. The van der Waals surface area contributed by atoms with Gasteiger partial charge >= 0.3 is 0 Å². The fourth-order valence-electron chi connectivity index (χ4n) is 1.23. The third-order valence-corrected chi connectivity index (χ3v) is 3.37. The zero-order valence-corrected chi connectivity index (χ0v) is 10.3. The lowest BCUT2D eigenvalue weighted by molar-refractivity contribution is -0.116.